The number of nitrogens with zero attached hydrogens (tertiary/aromatic N) is 1. The average molecular weight is 305 g/mol. The normalized spacial score (nSPS) is 21.1. The minimum atomic E-state index is -0.406. The van der Waals surface area contributed by atoms with E-state index >= 15 is 0 Å². The molecule has 6 heteroatoms. The van der Waals surface area contributed by atoms with Crippen molar-refractivity contribution in [3.05, 3.63) is 30.3 Å². The fraction of sp³-hybridized carbons (Fsp3) is 0.400. The first-order valence-corrected chi connectivity index (χ1v) is 7.86. The monoisotopic (exact) mass is 305 g/mol. The molecule has 0 radical (unpaired) electrons. The van der Waals surface area contributed by atoms with E-state index in [-0.39, 0.29) is 24.3 Å². The summed E-state index contributed by atoms with van der Waals surface area (Å²) < 4.78 is 0. The molecule has 21 heavy (non-hydrogen) atoms. The Balaban J connectivity index is 1.90. The summed E-state index contributed by atoms with van der Waals surface area (Å²) in [5, 5.41) is 5.73. The van der Waals surface area contributed by atoms with Crippen molar-refractivity contribution in [2.45, 2.75) is 38.0 Å². The number of thioether (sulfide) groups is 1. The molecule has 1 aliphatic heterocycles. The second-order valence-electron chi connectivity index (χ2n) is 4.91. The quantitative estimate of drug-likeness (QED) is 0.877. The lowest BCUT2D eigenvalue weighted by Crippen LogP contribution is -2.28. The van der Waals surface area contributed by atoms with Crippen LogP contribution in [-0.4, -0.2) is 28.3 Å². The lowest BCUT2D eigenvalue weighted by molar-refractivity contribution is -0.122. The molecule has 1 heterocycles. The van der Waals surface area contributed by atoms with Crippen LogP contribution in [0, 0.1) is 0 Å². The van der Waals surface area contributed by atoms with Crippen molar-refractivity contribution in [2.75, 3.05) is 5.32 Å². The molecule has 0 saturated carbocycles. The van der Waals surface area contributed by atoms with E-state index in [1.54, 1.807) is 0 Å². The highest BCUT2D eigenvalue weighted by atomic mass is 32.2. The third-order valence-corrected chi connectivity index (χ3v) is 4.23. The van der Waals surface area contributed by atoms with Crippen LogP contribution in [0.1, 0.15) is 26.7 Å². The van der Waals surface area contributed by atoms with E-state index in [0.29, 0.717) is 5.17 Å². The Kier molecular flexibility index (Phi) is 5.38. The molecule has 2 N–H and O–H groups in total. The second-order valence-corrected chi connectivity index (χ2v) is 6.10. The van der Waals surface area contributed by atoms with E-state index in [1.165, 1.54) is 11.8 Å². The minimum Gasteiger partial charge on any atom is -0.326 e. The zero-order valence-corrected chi connectivity index (χ0v) is 12.9. The molecule has 1 saturated heterocycles. The summed E-state index contributed by atoms with van der Waals surface area (Å²) in [5.74, 6) is -0.316. The van der Waals surface area contributed by atoms with Gasteiger partial charge in [0.1, 0.15) is 5.25 Å². The van der Waals surface area contributed by atoms with Crippen molar-refractivity contribution in [1.29, 1.82) is 0 Å². The first-order chi connectivity index (χ1) is 10.1. The van der Waals surface area contributed by atoms with E-state index in [0.717, 1.165) is 12.1 Å². The number of nitrogens with one attached hydrogen (secondary N) is 2. The van der Waals surface area contributed by atoms with E-state index in [2.05, 4.69) is 15.6 Å². The number of anilines is 1. The first-order valence-electron chi connectivity index (χ1n) is 6.98. The minimum absolute atomic E-state index is 0.144. The van der Waals surface area contributed by atoms with Crippen LogP contribution in [0.4, 0.5) is 5.69 Å². The number of hydrogen-bond donors (Lipinski definition) is 2. The molecule has 1 aliphatic rings. The van der Waals surface area contributed by atoms with Crippen molar-refractivity contribution in [3.63, 3.8) is 0 Å². The number of para-hydroxylation sites is 1. The molecule has 2 atom stereocenters. The number of rotatable bonds is 5. The second kappa shape index (κ2) is 7.26. The van der Waals surface area contributed by atoms with Crippen molar-refractivity contribution in [2.24, 2.45) is 4.99 Å². The summed E-state index contributed by atoms with van der Waals surface area (Å²) in [4.78, 5) is 28.2. The number of carbonyl (C=O) groups excluding carboxylic acids is 2. The van der Waals surface area contributed by atoms with Gasteiger partial charge in [-0.3, -0.25) is 14.6 Å². The van der Waals surface area contributed by atoms with Gasteiger partial charge in [-0.15, -0.1) is 0 Å². The molecule has 1 fully saturated rings. The maximum absolute atomic E-state index is 12.0. The summed E-state index contributed by atoms with van der Waals surface area (Å²) >= 11 is 1.33. The predicted molar refractivity (Wildman–Crippen MR) is 86.4 cm³/mol. The predicted octanol–water partition coefficient (Wildman–Crippen LogP) is 2.40. The average Bonchev–Trinajstić information content (AvgIpc) is 2.79. The summed E-state index contributed by atoms with van der Waals surface area (Å²) in [6.45, 7) is 4.04. The lowest BCUT2D eigenvalue weighted by atomic mass is 10.2. The topological polar surface area (TPSA) is 70.6 Å². The number of hydrogen-bond acceptors (Lipinski definition) is 4. The van der Waals surface area contributed by atoms with Crippen LogP contribution in [0.25, 0.3) is 0 Å². The van der Waals surface area contributed by atoms with Crippen LogP contribution >= 0.6 is 11.8 Å². The van der Waals surface area contributed by atoms with Gasteiger partial charge in [0.2, 0.25) is 11.8 Å². The molecule has 0 bridgehead atoms. The van der Waals surface area contributed by atoms with Crippen LogP contribution in [-0.2, 0) is 9.59 Å². The molecule has 1 aromatic carbocycles. The van der Waals surface area contributed by atoms with E-state index in [4.69, 9.17) is 0 Å². The van der Waals surface area contributed by atoms with Crippen LogP contribution in [0.15, 0.2) is 35.3 Å². The highest BCUT2D eigenvalue weighted by molar-refractivity contribution is 8.15. The van der Waals surface area contributed by atoms with Crippen molar-refractivity contribution in [1.82, 2.24) is 5.32 Å². The molecule has 112 valence electrons. The van der Waals surface area contributed by atoms with Gasteiger partial charge in [-0.1, -0.05) is 36.9 Å². The number of amides is 2. The van der Waals surface area contributed by atoms with Crippen LogP contribution in [0.5, 0.6) is 0 Å². The molecule has 1 aromatic rings. The van der Waals surface area contributed by atoms with Gasteiger partial charge in [0.05, 0.1) is 0 Å². The molecule has 0 aliphatic carbocycles. The van der Waals surface area contributed by atoms with Crippen LogP contribution < -0.4 is 10.6 Å². The number of aliphatic imine (C=N–C) groups is 1. The van der Waals surface area contributed by atoms with Gasteiger partial charge >= 0.3 is 0 Å². The van der Waals surface area contributed by atoms with Gasteiger partial charge in [0.25, 0.3) is 0 Å². The van der Waals surface area contributed by atoms with Crippen LogP contribution in [0.2, 0.25) is 0 Å². The molecule has 2 rings (SSSR count). The molecule has 0 aromatic heterocycles. The molecular weight excluding hydrogens is 286 g/mol. The Morgan fingerprint density at radius 2 is 2.14 bits per heavy atom. The van der Waals surface area contributed by atoms with Crippen molar-refractivity contribution < 1.29 is 9.59 Å². The number of amidine groups is 1. The molecule has 5 nitrogen and oxygen atoms in total. The molecular formula is C15H19N3O2S. The fourth-order valence-corrected chi connectivity index (χ4v) is 2.86. The summed E-state index contributed by atoms with van der Waals surface area (Å²) in [7, 11) is 0. The van der Waals surface area contributed by atoms with Crippen LogP contribution in [0.3, 0.4) is 0 Å². The van der Waals surface area contributed by atoms with Crippen molar-refractivity contribution >= 4 is 34.4 Å². The Morgan fingerprint density at radius 3 is 2.81 bits per heavy atom. The van der Waals surface area contributed by atoms with Gasteiger partial charge in [0.15, 0.2) is 5.17 Å². The molecule has 0 spiro atoms. The Labute approximate surface area is 128 Å². The van der Waals surface area contributed by atoms with E-state index in [1.807, 2.05) is 44.2 Å². The highest BCUT2D eigenvalue weighted by Gasteiger charge is 2.32. The zero-order valence-electron chi connectivity index (χ0n) is 12.1. The fourth-order valence-electron chi connectivity index (χ4n) is 1.79. The summed E-state index contributed by atoms with van der Waals surface area (Å²) in [6, 6.07) is 9.39. The maximum Gasteiger partial charge on any atom is 0.240 e. The van der Waals surface area contributed by atoms with Gasteiger partial charge in [0, 0.05) is 18.2 Å². The molecule has 0 unspecified atom stereocenters. The SMILES string of the molecule is CC[C@@H](C)N=C1NC(=O)[C@@H](CC(=O)Nc2ccccc2)S1. The Morgan fingerprint density at radius 1 is 1.43 bits per heavy atom. The van der Waals surface area contributed by atoms with Gasteiger partial charge in [-0.2, -0.15) is 0 Å². The lowest BCUT2D eigenvalue weighted by Gasteiger charge is -2.07. The van der Waals surface area contributed by atoms with Crippen molar-refractivity contribution in [3.8, 4) is 0 Å². The standard InChI is InChI=1S/C15H19N3O2S/c1-3-10(2)16-15-18-14(20)12(21-15)9-13(19)17-11-7-5-4-6-8-11/h4-8,10,12H,3,9H2,1-2H3,(H,17,19)(H,16,18,20)/t10-,12-/m1/s1. The number of carbonyl (C=O) groups is 2. The van der Waals surface area contributed by atoms with Gasteiger partial charge in [-0.25, -0.2) is 0 Å². The Bertz CT molecular complexity index is 545. The smallest absolute Gasteiger partial charge is 0.240 e. The largest absolute Gasteiger partial charge is 0.326 e. The summed E-state index contributed by atoms with van der Waals surface area (Å²) in [6.07, 6.45) is 1.06. The first kappa shape index (κ1) is 15.6. The number of benzene rings is 1. The maximum atomic E-state index is 12.0. The van der Waals surface area contributed by atoms with Gasteiger partial charge in [-0.05, 0) is 25.5 Å². The van der Waals surface area contributed by atoms with E-state index < -0.39 is 5.25 Å². The molecule has 2 amide bonds. The van der Waals surface area contributed by atoms with Gasteiger partial charge < -0.3 is 10.6 Å². The third kappa shape index (κ3) is 4.60. The zero-order chi connectivity index (χ0) is 15.2. The highest BCUT2D eigenvalue weighted by Crippen LogP contribution is 2.23. The summed E-state index contributed by atoms with van der Waals surface area (Å²) in [5.41, 5.74) is 0.736. The third-order valence-electron chi connectivity index (χ3n) is 3.13. The Hall–Kier alpha value is -1.82. The van der Waals surface area contributed by atoms with E-state index in [9.17, 15) is 9.59 Å².